The van der Waals surface area contributed by atoms with Gasteiger partial charge in [-0.2, -0.15) is 0 Å². The fraction of sp³-hybridized carbons (Fsp3) is 0.136. The lowest BCUT2D eigenvalue weighted by atomic mass is 10.1. The van der Waals surface area contributed by atoms with E-state index in [1.54, 1.807) is 48.7 Å². The van der Waals surface area contributed by atoms with Gasteiger partial charge < -0.3 is 16.0 Å². The van der Waals surface area contributed by atoms with Gasteiger partial charge in [-0.1, -0.05) is 41.9 Å². The number of nitrogens with one attached hydrogen (secondary N) is 3. The van der Waals surface area contributed by atoms with Crippen molar-refractivity contribution in [2.75, 3.05) is 5.32 Å². The summed E-state index contributed by atoms with van der Waals surface area (Å²) in [6.45, 7) is 2.29. The first-order chi connectivity index (χ1) is 14.0. The quantitative estimate of drug-likeness (QED) is 0.559. The molecule has 7 heteroatoms. The lowest BCUT2D eigenvalue weighted by Crippen LogP contribution is -2.28. The second-order valence-electron chi connectivity index (χ2n) is 6.47. The fourth-order valence-corrected chi connectivity index (χ4v) is 2.79. The van der Waals surface area contributed by atoms with E-state index in [2.05, 4.69) is 20.9 Å². The van der Waals surface area contributed by atoms with Crippen LogP contribution >= 0.6 is 11.6 Å². The summed E-state index contributed by atoms with van der Waals surface area (Å²) in [7, 11) is 0. The van der Waals surface area contributed by atoms with Crippen molar-refractivity contribution in [2.24, 2.45) is 0 Å². The molecular formula is C22H21ClN4O2. The van der Waals surface area contributed by atoms with Gasteiger partial charge in [-0.15, -0.1) is 0 Å². The first kappa shape index (κ1) is 20.4. The first-order valence-electron chi connectivity index (χ1n) is 9.12. The molecule has 0 spiro atoms. The van der Waals surface area contributed by atoms with Crippen LogP contribution in [0.2, 0.25) is 5.02 Å². The van der Waals surface area contributed by atoms with Gasteiger partial charge in [-0.3, -0.25) is 9.78 Å². The summed E-state index contributed by atoms with van der Waals surface area (Å²) in [4.78, 5) is 28.3. The first-order valence-corrected chi connectivity index (χ1v) is 9.50. The molecule has 1 atom stereocenters. The zero-order valence-electron chi connectivity index (χ0n) is 15.9. The predicted octanol–water partition coefficient (Wildman–Crippen LogP) is 4.55. The Hall–Kier alpha value is -3.38. The van der Waals surface area contributed by atoms with E-state index in [-0.39, 0.29) is 18.0 Å². The van der Waals surface area contributed by atoms with Gasteiger partial charge in [0.15, 0.2) is 0 Å². The lowest BCUT2D eigenvalue weighted by Gasteiger charge is -2.15. The van der Waals surface area contributed by atoms with Crippen LogP contribution in [-0.4, -0.2) is 16.9 Å². The normalized spacial score (nSPS) is 11.4. The molecule has 3 amide bonds. The zero-order chi connectivity index (χ0) is 20.6. The Labute approximate surface area is 174 Å². The molecule has 0 saturated heterocycles. The summed E-state index contributed by atoms with van der Waals surface area (Å²) in [5, 5.41) is 9.14. The number of urea groups is 1. The molecule has 6 nitrogen and oxygen atoms in total. The van der Waals surface area contributed by atoms with Gasteiger partial charge in [0, 0.05) is 23.5 Å². The Kier molecular flexibility index (Phi) is 6.81. The van der Waals surface area contributed by atoms with Gasteiger partial charge >= 0.3 is 6.03 Å². The number of pyridine rings is 1. The van der Waals surface area contributed by atoms with E-state index in [4.69, 9.17) is 11.6 Å². The third kappa shape index (κ3) is 6.05. The highest BCUT2D eigenvalue weighted by Crippen LogP contribution is 2.16. The van der Waals surface area contributed by atoms with Gasteiger partial charge in [-0.05, 0) is 54.4 Å². The average molecular weight is 409 g/mol. The molecule has 0 aliphatic rings. The molecule has 0 radical (unpaired) electrons. The maximum Gasteiger partial charge on any atom is 0.319 e. The summed E-state index contributed by atoms with van der Waals surface area (Å²) in [6.07, 6.45) is 1.58. The van der Waals surface area contributed by atoms with Crippen LogP contribution in [0.1, 0.15) is 34.6 Å². The molecule has 1 aromatic heterocycles. The second-order valence-corrected chi connectivity index (χ2v) is 6.90. The average Bonchev–Trinajstić information content (AvgIpc) is 2.74. The standard InChI is InChI=1S/C22H21ClN4O2/c1-15(26-21(28)20-4-2-3-13-24-20)17-7-11-19(12-8-17)27-22(29)25-14-16-5-9-18(23)10-6-16/h2-13,15H,14H2,1H3,(H,26,28)(H2,25,27,29)/t15-/m0/s1. The van der Waals surface area contributed by atoms with E-state index < -0.39 is 0 Å². The third-order valence-electron chi connectivity index (χ3n) is 4.28. The second kappa shape index (κ2) is 9.71. The van der Waals surface area contributed by atoms with Crippen molar-refractivity contribution >= 4 is 29.2 Å². The summed E-state index contributed by atoms with van der Waals surface area (Å²) >= 11 is 5.85. The Morgan fingerprint density at radius 1 is 1.00 bits per heavy atom. The molecule has 3 aromatic rings. The van der Waals surface area contributed by atoms with Gasteiger partial charge in [-0.25, -0.2) is 4.79 Å². The minimum absolute atomic E-state index is 0.197. The van der Waals surface area contributed by atoms with Crippen molar-refractivity contribution in [2.45, 2.75) is 19.5 Å². The molecule has 0 saturated carbocycles. The van der Waals surface area contributed by atoms with E-state index in [1.165, 1.54) is 0 Å². The van der Waals surface area contributed by atoms with Crippen molar-refractivity contribution in [1.29, 1.82) is 0 Å². The molecule has 2 aromatic carbocycles. The van der Waals surface area contributed by atoms with E-state index in [9.17, 15) is 9.59 Å². The van der Waals surface area contributed by atoms with Crippen LogP contribution in [0.25, 0.3) is 0 Å². The highest BCUT2D eigenvalue weighted by Gasteiger charge is 2.12. The van der Waals surface area contributed by atoms with Gasteiger partial charge in [0.05, 0.1) is 6.04 Å². The van der Waals surface area contributed by atoms with Crippen molar-refractivity contribution in [1.82, 2.24) is 15.6 Å². The summed E-state index contributed by atoms with van der Waals surface area (Å²) in [5.74, 6) is -0.234. The molecule has 3 N–H and O–H groups in total. The van der Waals surface area contributed by atoms with Crippen LogP contribution < -0.4 is 16.0 Å². The van der Waals surface area contributed by atoms with E-state index in [0.29, 0.717) is 22.9 Å². The molecule has 1 heterocycles. The molecule has 0 fully saturated rings. The highest BCUT2D eigenvalue weighted by molar-refractivity contribution is 6.30. The monoisotopic (exact) mass is 408 g/mol. The topological polar surface area (TPSA) is 83.1 Å². The molecule has 29 heavy (non-hydrogen) atoms. The van der Waals surface area contributed by atoms with Gasteiger partial charge in [0.25, 0.3) is 5.91 Å². The number of aromatic nitrogens is 1. The smallest absolute Gasteiger partial charge is 0.319 e. The van der Waals surface area contributed by atoms with E-state index in [0.717, 1.165) is 11.1 Å². The number of carbonyl (C=O) groups excluding carboxylic acids is 2. The predicted molar refractivity (Wildman–Crippen MR) is 114 cm³/mol. The largest absolute Gasteiger partial charge is 0.344 e. The number of halogens is 1. The molecule has 0 aliphatic carbocycles. The minimum atomic E-state index is -0.302. The van der Waals surface area contributed by atoms with Crippen LogP contribution in [0, 0.1) is 0 Å². The summed E-state index contributed by atoms with van der Waals surface area (Å²) < 4.78 is 0. The van der Waals surface area contributed by atoms with Gasteiger partial charge in [0.2, 0.25) is 0 Å². The van der Waals surface area contributed by atoms with Crippen LogP contribution in [0.3, 0.4) is 0 Å². The Morgan fingerprint density at radius 2 is 1.72 bits per heavy atom. The third-order valence-corrected chi connectivity index (χ3v) is 4.53. The van der Waals surface area contributed by atoms with Crippen molar-refractivity contribution in [3.05, 3.63) is 94.8 Å². The van der Waals surface area contributed by atoms with Crippen LogP contribution in [0.5, 0.6) is 0 Å². The van der Waals surface area contributed by atoms with Crippen LogP contribution in [0.15, 0.2) is 72.9 Å². The number of benzene rings is 2. The Morgan fingerprint density at radius 3 is 2.38 bits per heavy atom. The molecule has 0 aliphatic heterocycles. The van der Waals surface area contributed by atoms with Crippen molar-refractivity contribution < 1.29 is 9.59 Å². The maximum atomic E-state index is 12.2. The number of carbonyl (C=O) groups is 2. The fourth-order valence-electron chi connectivity index (χ4n) is 2.67. The lowest BCUT2D eigenvalue weighted by molar-refractivity contribution is 0.0935. The van der Waals surface area contributed by atoms with Gasteiger partial charge in [0.1, 0.15) is 5.69 Å². The molecule has 0 bridgehead atoms. The minimum Gasteiger partial charge on any atom is -0.344 e. The number of anilines is 1. The molecule has 3 rings (SSSR count). The number of nitrogens with zero attached hydrogens (tertiary/aromatic N) is 1. The summed E-state index contributed by atoms with van der Waals surface area (Å²) in [6, 6.07) is 19.3. The van der Waals surface area contributed by atoms with E-state index in [1.807, 2.05) is 31.2 Å². The Balaban J connectivity index is 1.50. The molecular weight excluding hydrogens is 388 g/mol. The zero-order valence-corrected chi connectivity index (χ0v) is 16.6. The molecule has 148 valence electrons. The maximum absolute atomic E-state index is 12.2. The highest BCUT2D eigenvalue weighted by atomic mass is 35.5. The summed E-state index contributed by atoms with van der Waals surface area (Å²) in [5.41, 5.74) is 2.90. The van der Waals surface area contributed by atoms with Crippen LogP contribution in [0.4, 0.5) is 10.5 Å². The SMILES string of the molecule is C[C@H](NC(=O)c1ccccn1)c1ccc(NC(=O)NCc2ccc(Cl)cc2)cc1. The van der Waals surface area contributed by atoms with Crippen LogP contribution in [-0.2, 0) is 6.54 Å². The van der Waals surface area contributed by atoms with Crippen molar-refractivity contribution in [3.8, 4) is 0 Å². The number of rotatable bonds is 6. The van der Waals surface area contributed by atoms with E-state index >= 15 is 0 Å². The number of hydrogen-bond acceptors (Lipinski definition) is 3. The number of amides is 3. The Bertz CT molecular complexity index is 960. The molecule has 0 unspecified atom stereocenters. The number of hydrogen-bond donors (Lipinski definition) is 3. The van der Waals surface area contributed by atoms with Crippen molar-refractivity contribution in [3.63, 3.8) is 0 Å².